The maximum Gasteiger partial charge on any atom is 0.348 e. The first kappa shape index (κ1) is 33.2. The van der Waals surface area contributed by atoms with E-state index < -0.39 is 113 Å². The number of hydrogen-bond acceptors (Lipinski definition) is 8. The zero-order valence-corrected chi connectivity index (χ0v) is 23.3. The molecule has 4 N–H and O–H groups in total. The number of amides is 2. The molecule has 1 saturated heterocycles. The van der Waals surface area contributed by atoms with Gasteiger partial charge in [-0.05, 0) is 26.0 Å². The fourth-order valence-electron chi connectivity index (χ4n) is 4.35. The van der Waals surface area contributed by atoms with E-state index in [1.54, 1.807) is 0 Å². The van der Waals surface area contributed by atoms with Gasteiger partial charge in [0.05, 0.1) is 23.6 Å². The molecule has 1 heterocycles. The van der Waals surface area contributed by atoms with Crippen molar-refractivity contribution in [2.75, 3.05) is 0 Å². The number of ether oxygens (including phenoxy) is 2. The van der Waals surface area contributed by atoms with Crippen LogP contribution in [-0.2, 0) is 30.3 Å². The van der Waals surface area contributed by atoms with Crippen molar-refractivity contribution in [2.45, 2.75) is 64.5 Å². The highest BCUT2D eigenvalue weighted by Crippen LogP contribution is 2.27. The third-order valence-electron chi connectivity index (χ3n) is 6.92. The molecule has 0 aromatic heterocycles. The molecule has 0 spiro atoms. The molecule has 2 aromatic carbocycles. The molecular formula is C28H29F5N2O8. The summed E-state index contributed by atoms with van der Waals surface area (Å²) in [7, 11) is 0. The molecule has 1 fully saturated rings. The van der Waals surface area contributed by atoms with Gasteiger partial charge in [-0.3, -0.25) is 14.4 Å². The molecule has 1 aliphatic heterocycles. The zero-order valence-electron chi connectivity index (χ0n) is 23.3. The summed E-state index contributed by atoms with van der Waals surface area (Å²) in [5.41, 5.74) is -1.69. The number of cyclic esters (lactones) is 2. The predicted octanol–water partition coefficient (Wildman–Crippen LogP) is 2.42. The largest absolute Gasteiger partial charge is 0.507 e. The second-order valence-electron chi connectivity index (χ2n) is 10.4. The Morgan fingerprint density at radius 3 is 2.05 bits per heavy atom. The number of aliphatic hydroxyl groups is 1. The second kappa shape index (κ2) is 13.4. The summed E-state index contributed by atoms with van der Waals surface area (Å²) in [6.45, 7) is 5.25. The lowest BCUT2D eigenvalue weighted by Crippen LogP contribution is -2.59. The van der Waals surface area contributed by atoms with Gasteiger partial charge in [0.25, 0.3) is 5.91 Å². The Balaban J connectivity index is 2.10. The second-order valence-corrected chi connectivity index (χ2v) is 10.4. The van der Waals surface area contributed by atoms with Crippen molar-refractivity contribution >= 4 is 23.8 Å². The number of hydrogen-bond donors (Lipinski definition) is 4. The van der Waals surface area contributed by atoms with Gasteiger partial charge in [-0.1, -0.05) is 26.0 Å². The highest BCUT2D eigenvalue weighted by molar-refractivity contribution is 6.00. The van der Waals surface area contributed by atoms with Crippen molar-refractivity contribution in [3.63, 3.8) is 0 Å². The number of aliphatic hydroxyl groups excluding tert-OH is 1. The van der Waals surface area contributed by atoms with Crippen molar-refractivity contribution < 1.29 is 60.8 Å². The number of benzene rings is 2. The summed E-state index contributed by atoms with van der Waals surface area (Å²) in [5, 5.41) is 25.5. The molecule has 0 saturated carbocycles. The third-order valence-corrected chi connectivity index (χ3v) is 6.92. The van der Waals surface area contributed by atoms with Crippen LogP contribution in [0.3, 0.4) is 0 Å². The van der Waals surface area contributed by atoms with Crippen LogP contribution >= 0.6 is 0 Å². The van der Waals surface area contributed by atoms with E-state index in [4.69, 9.17) is 9.47 Å². The highest BCUT2D eigenvalue weighted by Gasteiger charge is 2.41. The minimum atomic E-state index is -2.43. The zero-order chi connectivity index (χ0) is 32.3. The fraction of sp³-hybridized carbons (Fsp3) is 0.429. The van der Waals surface area contributed by atoms with Gasteiger partial charge >= 0.3 is 11.9 Å². The van der Waals surface area contributed by atoms with Crippen LogP contribution in [0.2, 0.25) is 0 Å². The SMILES string of the molecule is CC(C)C1OC(=O)C(C)C(O)C(Cc2c(F)c(F)c(F)c(F)c2F)NC(=O)C(NC(=O)c2ccccc2O)C(C)OC1=O. The van der Waals surface area contributed by atoms with Gasteiger partial charge in [-0.2, -0.15) is 0 Å². The van der Waals surface area contributed by atoms with E-state index in [9.17, 15) is 51.3 Å². The Labute approximate surface area is 242 Å². The molecule has 3 rings (SSSR count). The average Bonchev–Trinajstić information content (AvgIpc) is 2.96. The van der Waals surface area contributed by atoms with Crippen molar-refractivity contribution in [3.05, 3.63) is 64.5 Å². The first-order chi connectivity index (χ1) is 20.1. The molecule has 2 aromatic rings. The van der Waals surface area contributed by atoms with Crippen molar-refractivity contribution in [2.24, 2.45) is 11.8 Å². The number of carbonyl (C=O) groups excluding carboxylic acids is 4. The van der Waals surface area contributed by atoms with Crippen LogP contribution in [-0.4, -0.2) is 64.4 Å². The molecule has 10 nitrogen and oxygen atoms in total. The van der Waals surface area contributed by atoms with Gasteiger partial charge in [0.2, 0.25) is 17.8 Å². The molecule has 2 amide bonds. The number of aromatic hydroxyl groups is 1. The van der Waals surface area contributed by atoms with Gasteiger partial charge in [0, 0.05) is 17.9 Å². The molecule has 0 radical (unpaired) electrons. The summed E-state index contributed by atoms with van der Waals surface area (Å²) < 4.78 is 81.2. The first-order valence-corrected chi connectivity index (χ1v) is 13.0. The Morgan fingerprint density at radius 1 is 0.930 bits per heavy atom. The van der Waals surface area contributed by atoms with Crippen LogP contribution in [0.1, 0.15) is 43.6 Å². The monoisotopic (exact) mass is 616 g/mol. The summed E-state index contributed by atoms with van der Waals surface area (Å²) in [6, 6.07) is 1.49. The van der Waals surface area contributed by atoms with Crippen molar-refractivity contribution in [1.82, 2.24) is 10.6 Å². The van der Waals surface area contributed by atoms with E-state index in [0.29, 0.717) is 0 Å². The normalized spacial score (nSPS) is 25.2. The predicted molar refractivity (Wildman–Crippen MR) is 137 cm³/mol. The number of nitrogens with one attached hydrogen (secondary N) is 2. The average molecular weight is 617 g/mol. The van der Waals surface area contributed by atoms with Gasteiger partial charge in [-0.25, -0.2) is 26.7 Å². The number of phenolic OH excluding ortho intramolecular Hbond substituents is 1. The number of para-hydroxylation sites is 1. The van der Waals surface area contributed by atoms with Gasteiger partial charge < -0.3 is 30.3 Å². The van der Waals surface area contributed by atoms with Crippen LogP contribution < -0.4 is 10.6 Å². The number of rotatable bonds is 5. The Bertz CT molecular complexity index is 1390. The number of carbonyl (C=O) groups is 4. The Morgan fingerprint density at radius 2 is 1.49 bits per heavy atom. The minimum absolute atomic E-state index is 0.291. The first-order valence-electron chi connectivity index (χ1n) is 13.0. The Hall–Kier alpha value is -4.27. The highest BCUT2D eigenvalue weighted by atomic mass is 19.2. The molecule has 43 heavy (non-hydrogen) atoms. The van der Waals surface area contributed by atoms with Gasteiger partial charge in [-0.15, -0.1) is 0 Å². The maximum absolute atomic E-state index is 14.6. The summed E-state index contributed by atoms with van der Waals surface area (Å²) in [5.74, 6) is -18.8. The van der Waals surface area contributed by atoms with Crippen LogP contribution in [0.15, 0.2) is 24.3 Å². The van der Waals surface area contributed by atoms with Crippen LogP contribution in [0.25, 0.3) is 0 Å². The van der Waals surface area contributed by atoms with Crippen LogP contribution in [0.4, 0.5) is 22.0 Å². The molecule has 6 atom stereocenters. The van der Waals surface area contributed by atoms with E-state index >= 15 is 0 Å². The number of esters is 2. The number of halogens is 5. The fourth-order valence-corrected chi connectivity index (χ4v) is 4.35. The van der Waals surface area contributed by atoms with Crippen molar-refractivity contribution in [3.8, 4) is 5.75 Å². The van der Waals surface area contributed by atoms with Gasteiger partial charge in [0.15, 0.2) is 23.3 Å². The Kier molecular flexibility index (Phi) is 10.3. The molecule has 0 bridgehead atoms. The standard InChI is InChI=1S/C28H29F5N2O8/c1-10(2)24-28(41)42-12(4)22(35-25(38)13-7-5-6-8-16(13)36)26(39)34-15(23(37)11(3)27(40)43-24)9-14-17(29)19(31)21(33)20(32)18(14)30/h5-8,10-12,15,22-24,36-37H,9H2,1-4H3,(H,34,39)(H,35,38). The summed E-state index contributed by atoms with van der Waals surface area (Å²) >= 11 is 0. The molecule has 0 aliphatic carbocycles. The number of phenols is 1. The topological polar surface area (TPSA) is 151 Å². The molecule has 6 unspecified atom stereocenters. The smallest absolute Gasteiger partial charge is 0.348 e. The quantitative estimate of drug-likeness (QED) is 0.173. The minimum Gasteiger partial charge on any atom is -0.507 e. The lowest BCUT2D eigenvalue weighted by Gasteiger charge is -2.33. The van der Waals surface area contributed by atoms with E-state index in [1.165, 1.54) is 45.0 Å². The van der Waals surface area contributed by atoms with E-state index in [1.807, 2.05) is 0 Å². The van der Waals surface area contributed by atoms with Gasteiger partial charge in [0.1, 0.15) is 17.9 Å². The maximum atomic E-state index is 14.6. The van der Waals surface area contributed by atoms with Crippen molar-refractivity contribution in [1.29, 1.82) is 0 Å². The van der Waals surface area contributed by atoms with E-state index in [-0.39, 0.29) is 5.56 Å². The third kappa shape index (κ3) is 7.04. The summed E-state index contributed by atoms with van der Waals surface area (Å²) in [6.07, 6.45) is -6.36. The van der Waals surface area contributed by atoms with Crippen LogP contribution in [0, 0.1) is 40.9 Å². The summed E-state index contributed by atoms with van der Waals surface area (Å²) in [4.78, 5) is 52.2. The van der Waals surface area contributed by atoms with E-state index in [2.05, 4.69) is 10.6 Å². The lowest BCUT2D eigenvalue weighted by atomic mass is 9.91. The molecule has 15 heteroatoms. The molecule has 234 valence electrons. The molecule has 1 aliphatic rings. The van der Waals surface area contributed by atoms with E-state index in [0.717, 1.165) is 6.92 Å². The lowest BCUT2D eigenvalue weighted by molar-refractivity contribution is -0.180. The van der Waals surface area contributed by atoms with Crippen LogP contribution in [0.5, 0.6) is 5.75 Å². The molecular weight excluding hydrogens is 587 g/mol.